The van der Waals surface area contributed by atoms with Gasteiger partial charge < -0.3 is 25.2 Å². The van der Waals surface area contributed by atoms with E-state index in [4.69, 9.17) is 27.0 Å². The zero-order chi connectivity index (χ0) is 26.9. The van der Waals surface area contributed by atoms with Gasteiger partial charge in [-0.1, -0.05) is 39.8 Å². The van der Waals surface area contributed by atoms with Crippen LogP contribution in [0.4, 0.5) is 0 Å². The van der Waals surface area contributed by atoms with Crippen LogP contribution in [0.5, 0.6) is 5.75 Å². The first-order valence-corrected chi connectivity index (χ1v) is 13.2. The zero-order valence-corrected chi connectivity index (χ0v) is 23.2. The number of unbranched alkanes of at least 4 members (excludes halogenated alkanes) is 1. The van der Waals surface area contributed by atoms with Crippen molar-refractivity contribution >= 4 is 23.6 Å². The summed E-state index contributed by atoms with van der Waals surface area (Å²) < 4.78 is 12.1. The lowest BCUT2D eigenvalue weighted by molar-refractivity contribution is -0.135. The van der Waals surface area contributed by atoms with E-state index in [1.54, 1.807) is 30.2 Å². The highest BCUT2D eigenvalue weighted by atomic mass is 35.5. The van der Waals surface area contributed by atoms with Gasteiger partial charge in [-0.2, -0.15) is 0 Å². The van der Waals surface area contributed by atoms with Crippen LogP contribution in [-0.4, -0.2) is 78.3 Å². The molecule has 2 amide bonds. The van der Waals surface area contributed by atoms with Crippen molar-refractivity contribution in [1.82, 2.24) is 9.32 Å². The van der Waals surface area contributed by atoms with E-state index in [1.165, 1.54) is 4.42 Å². The van der Waals surface area contributed by atoms with Crippen LogP contribution in [0.25, 0.3) is 0 Å². The van der Waals surface area contributed by atoms with Gasteiger partial charge in [0.2, 0.25) is 5.91 Å². The number of amides is 2. The van der Waals surface area contributed by atoms with Crippen LogP contribution < -0.4 is 10.5 Å². The van der Waals surface area contributed by atoms with Gasteiger partial charge in [0.25, 0.3) is 5.91 Å². The van der Waals surface area contributed by atoms with Crippen molar-refractivity contribution < 1.29 is 24.2 Å². The summed E-state index contributed by atoms with van der Waals surface area (Å²) in [6.07, 6.45) is 2.08. The number of aliphatic hydroxyl groups is 1. The van der Waals surface area contributed by atoms with Crippen molar-refractivity contribution in [3.8, 4) is 5.75 Å². The van der Waals surface area contributed by atoms with E-state index < -0.39 is 17.6 Å². The van der Waals surface area contributed by atoms with Crippen molar-refractivity contribution in [3.63, 3.8) is 0 Å². The van der Waals surface area contributed by atoms with Gasteiger partial charge in [0, 0.05) is 56.6 Å². The molecule has 0 aromatic heterocycles. The molecule has 1 aliphatic heterocycles. The first kappa shape index (κ1) is 30.4. The van der Waals surface area contributed by atoms with Crippen molar-refractivity contribution in [2.24, 2.45) is 23.0 Å². The highest BCUT2D eigenvalue weighted by Crippen LogP contribution is 2.31. The Labute approximate surface area is 221 Å². The Morgan fingerprint density at radius 3 is 2.53 bits per heavy atom. The summed E-state index contributed by atoms with van der Waals surface area (Å²) >= 11 is 6.49. The molecule has 0 radical (unpaired) electrons. The number of β-amino-alcohol motifs (C(OH)–C–C–N with tert-alkyl or cyclic N) is 1. The van der Waals surface area contributed by atoms with Gasteiger partial charge in [-0.05, 0) is 49.7 Å². The molecule has 8 nitrogen and oxygen atoms in total. The standard InChI is InChI=1S/C27H44ClN3O5/c1-19(2)20(16-22(29)23(32)18-30-13-12-27(3,4)26(30)34)17-31(28)25(33)21-10-6-7-11-24(21)36-15-9-8-14-35-5/h6-7,10-11,19-20,22-23,32H,8-9,12-18,29H2,1-5H3/t20-,22+,23+/m1/s1. The molecule has 1 heterocycles. The molecule has 3 N–H and O–H groups in total. The minimum absolute atomic E-state index is 0.0380. The number of rotatable bonds is 15. The summed E-state index contributed by atoms with van der Waals surface area (Å²) in [5, 5.41) is 10.7. The minimum Gasteiger partial charge on any atom is -0.493 e. The van der Waals surface area contributed by atoms with Gasteiger partial charge >= 0.3 is 0 Å². The summed E-state index contributed by atoms with van der Waals surface area (Å²) in [5.41, 5.74) is 6.37. The molecule has 1 aromatic rings. The third kappa shape index (κ3) is 8.61. The van der Waals surface area contributed by atoms with E-state index in [0.717, 1.165) is 19.3 Å². The van der Waals surface area contributed by atoms with Gasteiger partial charge in [0.1, 0.15) is 5.75 Å². The molecule has 3 atom stereocenters. The maximum Gasteiger partial charge on any atom is 0.271 e. The second kappa shape index (κ2) is 14.2. The topological polar surface area (TPSA) is 105 Å². The number of nitrogens with zero attached hydrogens (tertiary/aromatic N) is 2. The fourth-order valence-electron chi connectivity index (χ4n) is 4.37. The number of hydrogen-bond donors (Lipinski definition) is 2. The van der Waals surface area contributed by atoms with Gasteiger partial charge in [-0.25, -0.2) is 0 Å². The van der Waals surface area contributed by atoms with Crippen LogP contribution >= 0.6 is 11.8 Å². The van der Waals surface area contributed by atoms with Crippen LogP contribution in [-0.2, 0) is 9.53 Å². The SMILES string of the molecule is COCCCCOc1ccccc1C(=O)N(Cl)C[C@@H](C[C@H](N)[C@@H](O)CN1CCC(C)(C)C1=O)C(C)C. The maximum atomic E-state index is 13.2. The lowest BCUT2D eigenvalue weighted by Gasteiger charge is -2.31. The van der Waals surface area contributed by atoms with Crippen LogP contribution in [0.15, 0.2) is 24.3 Å². The lowest BCUT2D eigenvalue weighted by Crippen LogP contribution is -2.47. The van der Waals surface area contributed by atoms with E-state index in [1.807, 2.05) is 33.8 Å². The molecular weight excluding hydrogens is 482 g/mol. The van der Waals surface area contributed by atoms with Crippen molar-refractivity contribution in [2.45, 2.75) is 65.5 Å². The van der Waals surface area contributed by atoms with E-state index in [9.17, 15) is 14.7 Å². The molecule has 204 valence electrons. The predicted molar refractivity (Wildman–Crippen MR) is 142 cm³/mol. The van der Waals surface area contributed by atoms with Gasteiger partial charge in [0.05, 0.1) is 18.3 Å². The Balaban J connectivity index is 1.96. The van der Waals surface area contributed by atoms with Gasteiger partial charge in [-0.3, -0.25) is 14.0 Å². The molecule has 0 bridgehead atoms. The Hall–Kier alpha value is -1.87. The monoisotopic (exact) mass is 525 g/mol. The first-order valence-electron chi connectivity index (χ1n) is 12.9. The number of nitrogens with two attached hydrogens (primary N) is 1. The number of likely N-dealkylation sites (tertiary alicyclic amines) is 1. The molecule has 1 aromatic carbocycles. The average Bonchev–Trinajstić information content (AvgIpc) is 3.09. The predicted octanol–water partition coefficient (Wildman–Crippen LogP) is 3.70. The van der Waals surface area contributed by atoms with Gasteiger partial charge in [0.15, 0.2) is 0 Å². The molecule has 9 heteroatoms. The Kier molecular flexibility index (Phi) is 11.9. The van der Waals surface area contributed by atoms with Crippen molar-refractivity contribution in [3.05, 3.63) is 29.8 Å². The Morgan fingerprint density at radius 1 is 1.25 bits per heavy atom. The summed E-state index contributed by atoms with van der Waals surface area (Å²) in [5.74, 6) is 0.345. The van der Waals surface area contributed by atoms with Gasteiger partial charge in [-0.15, -0.1) is 0 Å². The van der Waals surface area contributed by atoms with E-state index in [-0.39, 0.29) is 36.7 Å². The normalized spacial score (nSPS) is 17.8. The minimum atomic E-state index is -0.851. The number of carbonyl (C=O) groups is 2. The molecule has 2 rings (SSSR count). The summed E-state index contributed by atoms with van der Waals surface area (Å²) in [6, 6.07) is 6.53. The number of carbonyl (C=O) groups excluding carboxylic acids is 2. The number of ether oxygens (including phenoxy) is 2. The third-order valence-corrected chi connectivity index (χ3v) is 7.32. The number of benzene rings is 1. The summed E-state index contributed by atoms with van der Waals surface area (Å²) in [7, 11) is 1.66. The smallest absolute Gasteiger partial charge is 0.271 e. The molecule has 0 saturated carbocycles. The van der Waals surface area contributed by atoms with E-state index in [2.05, 4.69) is 0 Å². The van der Waals surface area contributed by atoms with E-state index in [0.29, 0.717) is 37.5 Å². The second-order valence-electron chi connectivity index (χ2n) is 10.8. The molecule has 0 aliphatic carbocycles. The van der Waals surface area contributed by atoms with E-state index >= 15 is 0 Å². The Bertz CT molecular complexity index is 850. The van der Waals surface area contributed by atoms with Crippen LogP contribution in [0.3, 0.4) is 0 Å². The number of methoxy groups -OCH3 is 1. The maximum absolute atomic E-state index is 13.2. The Morgan fingerprint density at radius 2 is 1.92 bits per heavy atom. The number of halogens is 1. The highest BCUT2D eigenvalue weighted by molar-refractivity contribution is 6.24. The molecule has 0 spiro atoms. The number of hydrogen-bond acceptors (Lipinski definition) is 6. The van der Waals surface area contributed by atoms with Crippen molar-refractivity contribution in [2.75, 3.05) is 40.0 Å². The molecule has 0 unspecified atom stereocenters. The first-order chi connectivity index (χ1) is 17.0. The zero-order valence-electron chi connectivity index (χ0n) is 22.4. The molecule has 1 saturated heterocycles. The molecular formula is C27H44ClN3O5. The summed E-state index contributed by atoms with van der Waals surface area (Å²) in [6.45, 7) is 10.2. The van der Waals surface area contributed by atoms with Crippen LogP contribution in [0, 0.1) is 17.3 Å². The second-order valence-corrected chi connectivity index (χ2v) is 11.2. The third-order valence-electron chi connectivity index (χ3n) is 7.03. The van der Waals surface area contributed by atoms with Crippen LogP contribution in [0.1, 0.15) is 63.7 Å². The highest BCUT2D eigenvalue weighted by Gasteiger charge is 2.39. The number of para-hydroxylation sites is 1. The molecule has 1 fully saturated rings. The van der Waals surface area contributed by atoms with Crippen LogP contribution in [0.2, 0.25) is 0 Å². The lowest BCUT2D eigenvalue weighted by atomic mass is 9.87. The quantitative estimate of drug-likeness (QED) is 0.267. The number of aliphatic hydroxyl groups excluding tert-OH is 1. The summed E-state index contributed by atoms with van der Waals surface area (Å²) in [4.78, 5) is 27.4. The fraction of sp³-hybridized carbons (Fsp3) is 0.704. The molecule has 36 heavy (non-hydrogen) atoms. The molecule has 1 aliphatic rings. The fourth-order valence-corrected chi connectivity index (χ4v) is 4.64. The largest absolute Gasteiger partial charge is 0.493 e. The average molecular weight is 526 g/mol. The van der Waals surface area contributed by atoms with Crippen molar-refractivity contribution in [1.29, 1.82) is 0 Å².